The van der Waals surface area contributed by atoms with Crippen LogP contribution >= 0.6 is 0 Å². The molecule has 4 heteroatoms. The first-order valence-corrected chi connectivity index (χ1v) is 7.21. The summed E-state index contributed by atoms with van der Waals surface area (Å²) in [5, 5.41) is 0. The molecule has 2 rings (SSSR count). The molecule has 0 heterocycles. The highest BCUT2D eigenvalue weighted by Gasteiger charge is 2.39. The summed E-state index contributed by atoms with van der Waals surface area (Å²) in [5.74, 6) is 0.883. The normalized spacial score (nSPS) is 17.4. The van der Waals surface area contributed by atoms with Gasteiger partial charge in [0.1, 0.15) is 5.75 Å². The fourth-order valence-electron chi connectivity index (χ4n) is 2.16. The predicted octanol–water partition coefficient (Wildman–Crippen LogP) is 2.31. The maximum absolute atomic E-state index is 12.6. The molecule has 1 unspecified atom stereocenters. The van der Waals surface area contributed by atoms with E-state index in [1.54, 1.807) is 7.11 Å². The van der Waals surface area contributed by atoms with Crippen LogP contribution in [-0.4, -0.2) is 29.5 Å². The Morgan fingerprint density at radius 3 is 2.45 bits per heavy atom. The van der Waals surface area contributed by atoms with Gasteiger partial charge in [-0.1, -0.05) is 19.1 Å². The maximum Gasteiger partial charge on any atom is 0.242 e. The van der Waals surface area contributed by atoms with Crippen molar-refractivity contribution in [2.45, 2.75) is 51.2 Å². The van der Waals surface area contributed by atoms with E-state index < -0.39 is 5.54 Å². The van der Waals surface area contributed by atoms with Gasteiger partial charge in [0.05, 0.1) is 12.6 Å². The van der Waals surface area contributed by atoms with Crippen LogP contribution in [-0.2, 0) is 11.3 Å². The van der Waals surface area contributed by atoms with Crippen LogP contribution in [0.5, 0.6) is 5.75 Å². The van der Waals surface area contributed by atoms with Crippen LogP contribution in [0.4, 0.5) is 0 Å². The van der Waals surface area contributed by atoms with Gasteiger partial charge in [0.2, 0.25) is 5.91 Å². The van der Waals surface area contributed by atoms with E-state index in [1.807, 2.05) is 43.0 Å². The molecule has 1 aliphatic carbocycles. The Kier molecular flexibility index (Phi) is 4.33. The smallest absolute Gasteiger partial charge is 0.242 e. The second kappa shape index (κ2) is 5.83. The molecule has 2 N–H and O–H groups in total. The van der Waals surface area contributed by atoms with Crippen LogP contribution in [0.25, 0.3) is 0 Å². The zero-order chi connectivity index (χ0) is 14.8. The third kappa shape index (κ3) is 3.31. The monoisotopic (exact) mass is 276 g/mol. The fraction of sp³-hybridized carbons (Fsp3) is 0.562. The fourth-order valence-corrected chi connectivity index (χ4v) is 2.16. The van der Waals surface area contributed by atoms with Crippen molar-refractivity contribution >= 4 is 5.91 Å². The number of hydrogen-bond donors (Lipinski definition) is 1. The summed E-state index contributed by atoms with van der Waals surface area (Å²) in [5.41, 5.74) is 6.45. The predicted molar refractivity (Wildman–Crippen MR) is 79.4 cm³/mol. The zero-order valence-electron chi connectivity index (χ0n) is 12.6. The molecule has 1 aromatic carbocycles. The van der Waals surface area contributed by atoms with Gasteiger partial charge in [0.15, 0.2) is 0 Å². The highest BCUT2D eigenvalue weighted by molar-refractivity contribution is 5.86. The summed E-state index contributed by atoms with van der Waals surface area (Å²) in [7, 11) is 1.65. The van der Waals surface area contributed by atoms with Crippen molar-refractivity contribution in [1.29, 1.82) is 0 Å². The molecular weight excluding hydrogens is 252 g/mol. The van der Waals surface area contributed by atoms with Crippen LogP contribution in [0.3, 0.4) is 0 Å². The van der Waals surface area contributed by atoms with E-state index in [2.05, 4.69) is 0 Å². The number of ether oxygens (including phenoxy) is 1. The molecule has 20 heavy (non-hydrogen) atoms. The minimum atomic E-state index is -0.769. The Hall–Kier alpha value is -1.55. The van der Waals surface area contributed by atoms with Crippen LogP contribution in [0.1, 0.15) is 38.7 Å². The molecule has 0 aliphatic heterocycles. The van der Waals surface area contributed by atoms with E-state index >= 15 is 0 Å². The lowest BCUT2D eigenvalue weighted by Gasteiger charge is -2.31. The minimum Gasteiger partial charge on any atom is -0.497 e. The summed E-state index contributed by atoms with van der Waals surface area (Å²) in [6, 6.07) is 8.21. The van der Waals surface area contributed by atoms with Crippen LogP contribution in [0.15, 0.2) is 24.3 Å². The zero-order valence-corrected chi connectivity index (χ0v) is 12.6. The van der Waals surface area contributed by atoms with Crippen molar-refractivity contribution < 1.29 is 9.53 Å². The number of rotatable bonds is 6. The van der Waals surface area contributed by atoms with Crippen LogP contribution in [0, 0.1) is 0 Å². The number of benzene rings is 1. The molecule has 110 valence electrons. The molecular formula is C16H24N2O2. The second-order valence-corrected chi connectivity index (χ2v) is 5.78. The van der Waals surface area contributed by atoms with E-state index in [-0.39, 0.29) is 5.91 Å². The Balaban J connectivity index is 2.11. The first kappa shape index (κ1) is 14.9. The summed E-state index contributed by atoms with van der Waals surface area (Å²) < 4.78 is 5.15. The van der Waals surface area contributed by atoms with E-state index in [9.17, 15) is 4.79 Å². The van der Waals surface area contributed by atoms with Crippen LogP contribution in [0.2, 0.25) is 0 Å². The van der Waals surface area contributed by atoms with Crippen molar-refractivity contribution in [2.24, 2.45) is 5.73 Å². The second-order valence-electron chi connectivity index (χ2n) is 5.78. The third-order valence-corrected chi connectivity index (χ3v) is 3.98. The van der Waals surface area contributed by atoms with Gasteiger partial charge in [-0.25, -0.2) is 0 Å². The quantitative estimate of drug-likeness (QED) is 0.867. The Labute approximate surface area is 120 Å². The van der Waals surface area contributed by atoms with Gasteiger partial charge in [0, 0.05) is 12.6 Å². The van der Waals surface area contributed by atoms with Gasteiger partial charge in [-0.05, 0) is 43.9 Å². The molecule has 1 atom stereocenters. The lowest BCUT2D eigenvalue weighted by molar-refractivity contribution is -0.137. The summed E-state index contributed by atoms with van der Waals surface area (Å²) in [6.45, 7) is 4.40. The Morgan fingerprint density at radius 1 is 1.40 bits per heavy atom. The molecule has 0 aromatic heterocycles. The van der Waals surface area contributed by atoms with Gasteiger partial charge < -0.3 is 15.4 Å². The molecule has 1 aliphatic rings. The topological polar surface area (TPSA) is 55.6 Å². The molecule has 1 amide bonds. The lowest BCUT2D eigenvalue weighted by Crippen LogP contribution is -2.53. The molecule has 0 saturated heterocycles. The number of nitrogens with zero attached hydrogens (tertiary/aromatic N) is 1. The molecule has 0 bridgehead atoms. The van der Waals surface area contributed by atoms with Crippen molar-refractivity contribution in [1.82, 2.24) is 4.90 Å². The van der Waals surface area contributed by atoms with Gasteiger partial charge in [-0.3, -0.25) is 4.79 Å². The van der Waals surface area contributed by atoms with E-state index in [0.29, 0.717) is 19.0 Å². The van der Waals surface area contributed by atoms with Crippen molar-refractivity contribution in [2.75, 3.05) is 7.11 Å². The minimum absolute atomic E-state index is 0.0540. The van der Waals surface area contributed by atoms with Crippen LogP contribution < -0.4 is 10.5 Å². The first-order valence-electron chi connectivity index (χ1n) is 7.21. The standard InChI is InChI=1S/C16H24N2O2/c1-4-16(2,17)15(19)18(13-7-8-13)11-12-5-9-14(20-3)10-6-12/h5-6,9-10,13H,4,7-8,11,17H2,1-3H3. The average Bonchev–Trinajstić information content (AvgIpc) is 3.29. The molecule has 1 saturated carbocycles. The summed E-state index contributed by atoms with van der Waals surface area (Å²) >= 11 is 0. The van der Waals surface area contributed by atoms with Crippen molar-refractivity contribution in [3.63, 3.8) is 0 Å². The van der Waals surface area contributed by atoms with Gasteiger partial charge in [-0.2, -0.15) is 0 Å². The average molecular weight is 276 g/mol. The van der Waals surface area contributed by atoms with E-state index in [4.69, 9.17) is 10.5 Å². The molecule has 0 radical (unpaired) electrons. The van der Waals surface area contributed by atoms with Gasteiger partial charge in [-0.15, -0.1) is 0 Å². The highest BCUT2D eigenvalue weighted by atomic mass is 16.5. The first-order chi connectivity index (χ1) is 9.47. The highest BCUT2D eigenvalue weighted by Crippen LogP contribution is 2.30. The number of hydrogen-bond acceptors (Lipinski definition) is 3. The number of carbonyl (C=O) groups is 1. The molecule has 0 spiro atoms. The van der Waals surface area contributed by atoms with E-state index in [0.717, 1.165) is 24.2 Å². The maximum atomic E-state index is 12.6. The Bertz CT molecular complexity index is 464. The largest absolute Gasteiger partial charge is 0.497 e. The third-order valence-electron chi connectivity index (χ3n) is 3.98. The van der Waals surface area contributed by atoms with Gasteiger partial charge >= 0.3 is 0 Å². The van der Waals surface area contributed by atoms with Crippen molar-refractivity contribution in [3.8, 4) is 5.75 Å². The Morgan fingerprint density at radius 2 is 2.00 bits per heavy atom. The molecule has 1 fully saturated rings. The molecule has 4 nitrogen and oxygen atoms in total. The number of methoxy groups -OCH3 is 1. The van der Waals surface area contributed by atoms with Crippen molar-refractivity contribution in [3.05, 3.63) is 29.8 Å². The number of carbonyl (C=O) groups excluding carboxylic acids is 1. The summed E-state index contributed by atoms with van der Waals surface area (Å²) in [6.07, 6.45) is 2.82. The SMILES string of the molecule is CCC(C)(N)C(=O)N(Cc1ccc(OC)cc1)C1CC1. The lowest BCUT2D eigenvalue weighted by atomic mass is 9.98. The van der Waals surface area contributed by atoms with E-state index in [1.165, 1.54) is 0 Å². The van der Waals surface area contributed by atoms with Gasteiger partial charge in [0.25, 0.3) is 0 Å². The number of nitrogens with two attached hydrogens (primary N) is 1. The number of amides is 1. The summed E-state index contributed by atoms with van der Waals surface area (Å²) in [4.78, 5) is 14.5. The molecule has 1 aromatic rings.